The lowest BCUT2D eigenvalue weighted by Gasteiger charge is -2.56. The van der Waals surface area contributed by atoms with Crippen LogP contribution in [0.5, 0.6) is 0 Å². The highest BCUT2D eigenvalue weighted by atomic mass is 35.6. The van der Waals surface area contributed by atoms with Gasteiger partial charge in [0, 0.05) is 17.6 Å². The van der Waals surface area contributed by atoms with Gasteiger partial charge in [-0.25, -0.2) is 26.4 Å². The molecule has 274 valence electrons. The van der Waals surface area contributed by atoms with Crippen LogP contribution in [0.1, 0.15) is 103 Å². The van der Waals surface area contributed by atoms with Crippen molar-refractivity contribution in [2.45, 2.75) is 130 Å². The number of amides is 2. The second kappa shape index (κ2) is 16.0. The summed E-state index contributed by atoms with van der Waals surface area (Å²) >= 11 is 14.4. The molecule has 10 aliphatic rings. The number of hydrogen-bond donors (Lipinski definition) is 3. The summed E-state index contributed by atoms with van der Waals surface area (Å²) in [5.41, 5.74) is 5.57. The maximum absolute atomic E-state index is 12.4. The molecule has 0 aromatic heterocycles. The second-order valence-corrected chi connectivity index (χ2v) is 22.9. The number of hydrogen-bond acceptors (Lipinski definition) is 8. The Morgan fingerprint density at radius 3 is 1.40 bits per heavy atom. The van der Waals surface area contributed by atoms with Gasteiger partial charge in [0.2, 0.25) is 6.08 Å². The van der Waals surface area contributed by atoms with Gasteiger partial charge in [0.25, 0.3) is 0 Å². The van der Waals surface area contributed by atoms with Gasteiger partial charge < -0.3 is 16.4 Å². The van der Waals surface area contributed by atoms with Crippen LogP contribution in [-0.4, -0.2) is 79.4 Å². The molecule has 48 heavy (non-hydrogen) atoms. The Bertz CT molecular complexity index is 1300. The lowest BCUT2D eigenvalue weighted by Crippen LogP contribution is -2.62. The van der Waals surface area contributed by atoms with Gasteiger partial charge >= 0.3 is 6.03 Å². The van der Waals surface area contributed by atoms with Crippen molar-refractivity contribution < 1.29 is 26.4 Å². The van der Waals surface area contributed by atoms with Crippen LogP contribution in [0.3, 0.4) is 0 Å². The number of halogens is 3. The number of rotatable bonds is 3. The number of carbonyl (C=O) groups is 1. The third kappa shape index (κ3) is 10.9. The summed E-state index contributed by atoms with van der Waals surface area (Å²) < 4.78 is 43.6. The Kier molecular flexibility index (Phi) is 12.8. The number of alkyl halides is 3. The van der Waals surface area contributed by atoms with Crippen LogP contribution in [0.25, 0.3) is 0 Å². The van der Waals surface area contributed by atoms with E-state index in [1.807, 2.05) is 0 Å². The minimum atomic E-state index is -2.87. The normalized spacial score (nSPS) is 39.8. The van der Waals surface area contributed by atoms with E-state index in [1.54, 1.807) is 6.08 Å². The Balaban J connectivity index is 0.000000146. The number of sulfone groups is 2. The summed E-state index contributed by atoms with van der Waals surface area (Å²) in [6.07, 6.45) is 19.5. The standard InChI is InChI=1S/C16H26N2O3S.C11H15NO.C5H11NO2S.CHCl3/c19-15(17-14-1-3-22(20,21)4-2-14)18-16-8-11-5-12(9-16)7-13(6-11)10-16;13-7-12-11-4-8-1-9(5-11)3-10(2-8)6-11;6-5-1-3-9(7,8)4-2-5;2-1(3)4/h11-14H,1-10H2,(H2,17,18,19);8-10H,1-6H2;5H,1-4,6H2;1H. The first-order valence-electron chi connectivity index (χ1n) is 17.8. The molecule has 0 spiro atoms. The van der Waals surface area contributed by atoms with Gasteiger partial charge in [-0.15, -0.1) is 0 Å². The lowest BCUT2D eigenvalue weighted by molar-refractivity contribution is -0.0136. The third-order valence-corrected chi connectivity index (χ3v) is 15.6. The minimum Gasteiger partial charge on any atom is -0.335 e. The SMILES string of the molecule is ClC(Cl)Cl.NC1CCS(=O)(=O)CC1.O=C(NC1CCS(=O)(=O)CC1)NC12CC3CC(CC(C3)C1)C2.O=C=NC12CC3CC(CC(C3)C1)C2. The first-order chi connectivity index (χ1) is 22.5. The molecule has 0 aromatic rings. The molecule has 2 saturated heterocycles. The number of urea groups is 1. The van der Waals surface area contributed by atoms with Crippen LogP contribution >= 0.6 is 34.8 Å². The number of carbonyl (C=O) groups excluding carboxylic acids is 2. The molecule has 10 rings (SSSR count). The van der Waals surface area contributed by atoms with Crippen molar-refractivity contribution in [1.29, 1.82) is 0 Å². The van der Waals surface area contributed by atoms with Gasteiger partial charge in [0.05, 0.1) is 28.6 Å². The average molecular weight is 772 g/mol. The highest BCUT2D eigenvalue weighted by Crippen LogP contribution is 2.57. The molecular formula is C33H53Cl3N4O6S2. The van der Waals surface area contributed by atoms with E-state index in [2.05, 4.69) is 15.6 Å². The lowest BCUT2D eigenvalue weighted by atomic mass is 9.53. The molecule has 10 fully saturated rings. The molecule has 4 N–H and O–H groups in total. The van der Waals surface area contributed by atoms with Crippen LogP contribution < -0.4 is 16.4 Å². The van der Waals surface area contributed by atoms with E-state index in [4.69, 9.17) is 40.5 Å². The van der Waals surface area contributed by atoms with Gasteiger partial charge in [0.15, 0.2) is 4.30 Å². The zero-order valence-electron chi connectivity index (χ0n) is 27.8. The van der Waals surface area contributed by atoms with Gasteiger partial charge in [-0.1, -0.05) is 34.8 Å². The fourth-order valence-corrected chi connectivity index (χ4v) is 14.0. The Morgan fingerprint density at radius 1 is 0.688 bits per heavy atom. The predicted octanol–water partition coefficient (Wildman–Crippen LogP) is 5.63. The molecular weight excluding hydrogens is 719 g/mol. The van der Waals surface area contributed by atoms with Crippen molar-refractivity contribution in [1.82, 2.24) is 10.6 Å². The van der Waals surface area contributed by atoms with Crippen molar-refractivity contribution in [3.05, 3.63) is 0 Å². The maximum atomic E-state index is 12.4. The average Bonchev–Trinajstić information content (AvgIpc) is 2.95. The molecule has 8 aliphatic carbocycles. The first-order valence-corrected chi connectivity index (χ1v) is 22.8. The van der Waals surface area contributed by atoms with Crippen molar-refractivity contribution in [3.63, 3.8) is 0 Å². The van der Waals surface area contributed by atoms with Crippen LogP contribution in [-0.2, 0) is 24.5 Å². The molecule has 15 heteroatoms. The number of nitrogens with zero attached hydrogens (tertiary/aromatic N) is 1. The van der Waals surface area contributed by atoms with E-state index in [1.165, 1.54) is 57.8 Å². The highest BCUT2D eigenvalue weighted by Gasteiger charge is 2.52. The van der Waals surface area contributed by atoms with Crippen LogP contribution in [0.15, 0.2) is 4.99 Å². The van der Waals surface area contributed by atoms with E-state index < -0.39 is 24.0 Å². The number of isocyanates is 1. The minimum absolute atomic E-state index is 0.0115. The molecule has 8 saturated carbocycles. The number of nitrogens with one attached hydrogen (secondary N) is 2. The summed E-state index contributed by atoms with van der Waals surface area (Å²) in [6.45, 7) is 0. The highest BCUT2D eigenvalue weighted by molar-refractivity contribution is 7.91. The second-order valence-electron chi connectivity index (χ2n) is 16.3. The molecule has 0 radical (unpaired) electrons. The molecule has 10 nitrogen and oxygen atoms in total. The Labute approximate surface area is 301 Å². The van der Waals surface area contributed by atoms with Crippen molar-refractivity contribution >= 4 is 66.6 Å². The van der Waals surface area contributed by atoms with Gasteiger partial charge in [-0.3, -0.25) is 0 Å². The van der Waals surface area contributed by atoms with Gasteiger partial charge in [0.1, 0.15) is 19.7 Å². The van der Waals surface area contributed by atoms with E-state index in [9.17, 15) is 26.4 Å². The van der Waals surface area contributed by atoms with Gasteiger partial charge in [-0.05, 0) is 138 Å². The molecule has 8 bridgehead atoms. The van der Waals surface area contributed by atoms with E-state index in [-0.39, 0.29) is 52.2 Å². The smallest absolute Gasteiger partial charge is 0.315 e. The largest absolute Gasteiger partial charge is 0.335 e. The Morgan fingerprint density at radius 2 is 1.04 bits per heavy atom. The van der Waals surface area contributed by atoms with E-state index in [0.717, 1.165) is 54.8 Å². The Hall–Kier alpha value is -0.620. The molecule has 0 unspecified atom stereocenters. The third-order valence-electron chi connectivity index (χ3n) is 12.2. The van der Waals surface area contributed by atoms with Crippen LogP contribution in [0.2, 0.25) is 0 Å². The zero-order chi connectivity index (χ0) is 34.7. The summed E-state index contributed by atoms with van der Waals surface area (Å²) in [5, 5.41) is 6.31. The van der Waals surface area contributed by atoms with Crippen molar-refractivity contribution in [2.24, 2.45) is 46.2 Å². The molecule has 2 heterocycles. The van der Waals surface area contributed by atoms with Crippen LogP contribution in [0.4, 0.5) is 4.79 Å². The predicted molar refractivity (Wildman–Crippen MR) is 190 cm³/mol. The molecule has 0 aromatic carbocycles. The fraction of sp³-hybridized carbons (Fsp3) is 0.939. The summed E-state index contributed by atoms with van der Waals surface area (Å²) in [7, 11) is -5.56. The van der Waals surface area contributed by atoms with Crippen molar-refractivity contribution in [2.75, 3.05) is 23.0 Å². The van der Waals surface area contributed by atoms with Crippen LogP contribution in [0, 0.1) is 35.5 Å². The maximum Gasteiger partial charge on any atom is 0.315 e. The monoisotopic (exact) mass is 770 g/mol. The zero-order valence-corrected chi connectivity index (χ0v) is 31.7. The van der Waals surface area contributed by atoms with E-state index >= 15 is 0 Å². The summed E-state index contributed by atoms with van der Waals surface area (Å²) in [4.78, 5) is 26.9. The molecule has 2 aliphatic heterocycles. The fourth-order valence-electron chi connectivity index (χ4n) is 11.0. The topological polar surface area (TPSA) is 165 Å². The van der Waals surface area contributed by atoms with Gasteiger partial charge in [-0.2, -0.15) is 4.99 Å². The number of nitrogens with two attached hydrogens (primary N) is 1. The van der Waals surface area contributed by atoms with E-state index in [0.29, 0.717) is 25.7 Å². The quantitative estimate of drug-likeness (QED) is 0.190. The first kappa shape index (κ1) is 38.6. The number of aliphatic imine (C=N–C) groups is 1. The summed E-state index contributed by atoms with van der Waals surface area (Å²) in [6, 6.07) is 0.0530. The molecule has 2 amide bonds. The molecule has 0 atom stereocenters. The summed E-state index contributed by atoms with van der Waals surface area (Å²) in [5.74, 6) is 6.05. The van der Waals surface area contributed by atoms with Crippen molar-refractivity contribution in [3.8, 4) is 0 Å².